The van der Waals surface area contributed by atoms with E-state index < -0.39 is 11.8 Å². The zero-order valence-corrected chi connectivity index (χ0v) is 17.7. The van der Waals surface area contributed by atoms with Crippen molar-refractivity contribution in [3.63, 3.8) is 0 Å². The van der Waals surface area contributed by atoms with E-state index in [9.17, 15) is 14.4 Å². The molecule has 0 saturated carbocycles. The monoisotopic (exact) mass is 480 g/mol. The van der Waals surface area contributed by atoms with Crippen LogP contribution in [0.5, 0.6) is 5.75 Å². The molecule has 2 aromatic carbocycles. The fourth-order valence-electron chi connectivity index (χ4n) is 2.08. The summed E-state index contributed by atoms with van der Waals surface area (Å²) in [7, 11) is 0. The summed E-state index contributed by atoms with van der Waals surface area (Å²) >= 11 is 9.14. The Labute approximate surface area is 180 Å². The van der Waals surface area contributed by atoms with Crippen LogP contribution in [0.1, 0.15) is 12.5 Å². The van der Waals surface area contributed by atoms with Gasteiger partial charge in [0.15, 0.2) is 6.61 Å². The van der Waals surface area contributed by atoms with Crippen molar-refractivity contribution in [3.8, 4) is 5.75 Å². The van der Waals surface area contributed by atoms with E-state index >= 15 is 0 Å². The Bertz CT molecular complexity index is 919. The molecule has 152 valence electrons. The first-order valence-electron chi connectivity index (χ1n) is 8.48. The average Bonchev–Trinajstić information content (AvgIpc) is 2.69. The number of likely N-dealkylation sites (N-methyl/N-ethyl adjacent to an activating group) is 1. The first kappa shape index (κ1) is 22.4. The lowest BCUT2D eigenvalue weighted by Gasteiger charge is -2.10. The van der Waals surface area contributed by atoms with Gasteiger partial charge in [-0.1, -0.05) is 27.5 Å². The predicted molar refractivity (Wildman–Crippen MR) is 114 cm³/mol. The van der Waals surface area contributed by atoms with E-state index in [2.05, 4.69) is 37.1 Å². The fraction of sp³-hybridized carbons (Fsp3) is 0.158. The molecule has 3 amide bonds. The third kappa shape index (κ3) is 7.55. The normalized spacial score (nSPS) is 10.4. The van der Waals surface area contributed by atoms with Gasteiger partial charge in [-0.2, -0.15) is 5.10 Å². The van der Waals surface area contributed by atoms with Crippen molar-refractivity contribution in [2.45, 2.75) is 6.92 Å². The zero-order valence-electron chi connectivity index (χ0n) is 15.4. The molecule has 29 heavy (non-hydrogen) atoms. The first-order valence-corrected chi connectivity index (χ1v) is 9.65. The molecule has 0 aromatic heterocycles. The van der Waals surface area contributed by atoms with E-state index in [1.807, 2.05) is 0 Å². The second-order valence-electron chi connectivity index (χ2n) is 5.58. The Balaban J connectivity index is 1.97. The average molecular weight is 482 g/mol. The van der Waals surface area contributed by atoms with Crippen molar-refractivity contribution in [1.29, 1.82) is 0 Å². The summed E-state index contributed by atoms with van der Waals surface area (Å²) in [6, 6.07) is 11.7. The Morgan fingerprint density at radius 2 is 1.86 bits per heavy atom. The first-order chi connectivity index (χ1) is 13.9. The van der Waals surface area contributed by atoms with Crippen LogP contribution >= 0.6 is 27.5 Å². The third-order valence-corrected chi connectivity index (χ3v) is 4.12. The topological polar surface area (TPSA) is 109 Å². The lowest BCUT2D eigenvalue weighted by Crippen LogP contribution is -2.37. The van der Waals surface area contributed by atoms with Gasteiger partial charge in [-0.15, -0.1) is 0 Å². The third-order valence-electron chi connectivity index (χ3n) is 3.37. The van der Waals surface area contributed by atoms with E-state index in [0.29, 0.717) is 28.6 Å². The van der Waals surface area contributed by atoms with Crippen molar-refractivity contribution in [3.05, 3.63) is 57.5 Å². The molecule has 0 atom stereocenters. The van der Waals surface area contributed by atoms with E-state index in [4.69, 9.17) is 16.3 Å². The number of nitrogens with zero attached hydrogens (tertiary/aromatic N) is 1. The number of amides is 3. The number of hydrogen-bond donors (Lipinski definition) is 3. The minimum Gasteiger partial charge on any atom is -0.483 e. The SMILES string of the molecule is CCNC(=O)C(=O)N/N=C\c1cc(Br)ccc1OCC(=O)Nc1ccc(Cl)cc1. The van der Waals surface area contributed by atoms with Crippen molar-refractivity contribution >= 4 is 57.2 Å². The van der Waals surface area contributed by atoms with Crippen LogP contribution < -0.4 is 20.8 Å². The van der Waals surface area contributed by atoms with E-state index in [1.165, 1.54) is 6.21 Å². The molecule has 0 aliphatic heterocycles. The molecule has 2 rings (SSSR count). The van der Waals surface area contributed by atoms with Crippen LogP contribution in [-0.4, -0.2) is 37.1 Å². The highest BCUT2D eigenvalue weighted by atomic mass is 79.9. The number of hydrogen-bond acceptors (Lipinski definition) is 5. The summed E-state index contributed by atoms with van der Waals surface area (Å²) in [5, 5.41) is 9.36. The maximum Gasteiger partial charge on any atom is 0.329 e. The number of benzene rings is 2. The van der Waals surface area contributed by atoms with Gasteiger partial charge in [0.05, 0.1) is 6.21 Å². The maximum absolute atomic E-state index is 12.1. The minimum atomic E-state index is -0.886. The quantitative estimate of drug-likeness (QED) is 0.321. The molecule has 0 aliphatic rings. The second-order valence-corrected chi connectivity index (χ2v) is 6.94. The van der Waals surface area contributed by atoms with Gasteiger partial charge in [-0.05, 0) is 49.4 Å². The molecule has 3 N–H and O–H groups in total. The number of hydrazone groups is 1. The van der Waals surface area contributed by atoms with Crippen LogP contribution in [0.4, 0.5) is 5.69 Å². The van der Waals surface area contributed by atoms with Gasteiger partial charge in [-0.3, -0.25) is 14.4 Å². The van der Waals surface area contributed by atoms with E-state index in [-0.39, 0.29) is 12.5 Å². The number of anilines is 1. The molecule has 8 nitrogen and oxygen atoms in total. The van der Waals surface area contributed by atoms with Gasteiger partial charge in [0.1, 0.15) is 5.75 Å². The molecular weight excluding hydrogens is 464 g/mol. The Morgan fingerprint density at radius 1 is 1.14 bits per heavy atom. The molecule has 0 fully saturated rings. The lowest BCUT2D eigenvalue weighted by atomic mass is 10.2. The van der Waals surface area contributed by atoms with Gasteiger partial charge >= 0.3 is 11.8 Å². The van der Waals surface area contributed by atoms with Gasteiger partial charge in [0.2, 0.25) is 0 Å². The van der Waals surface area contributed by atoms with Crippen LogP contribution in [0.2, 0.25) is 5.02 Å². The number of halogens is 2. The number of carbonyl (C=O) groups excluding carboxylic acids is 3. The summed E-state index contributed by atoms with van der Waals surface area (Å²) in [4.78, 5) is 35.0. The molecule has 0 aliphatic carbocycles. The van der Waals surface area contributed by atoms with Crippen LogP contribution in [0.15, 0.2) is 52.0 Å². The Kier molecular flexibility index (Phi) is 8.63. The van der Waals surface area contributed by atoms with Crippen LogP contribution in [0.3, 0.4) is 0 Å². The van der Waals surface area contributed by atoms with Crippen LogP contribution in [-0.2, 0) is 14.4 Å². The van der Waals surface area contributed by atoms with Crippen LogP contribution in [0, 0.1) is 0 Å². The van der Waals surface area contributed by atoms with E-state index in [0.717, 1.165) is 4.47 Å². The molecule has 0 bridgehead atoms. The summed E-state index contributed by atoms with van der Waals surface area (Å²) in [6.07, 6.45) is 1.31. The summed E-state index contributed by atoms with van der Waals surface area (Å²) in [5.74, 6) is -1.66. The molecule has 0 saturated heterocycles. The zero-order chi connectivity index (χ0) is 21.2. The number of carbonyl (C=O) groups is 3. The van der Waals surface area contributed by atoms with Gasteiger partial charge in [-0.25, -0.2) is 5.43 Å². The summed E-state index contributed by atoms with van der Waals surface area (Å²) < 4.78 is 6.29. The number of nitrogens with one attached hydrogen (secondary N) is 3. The highest BCUT2D eigenvalue weighted by molar-refractivity contribution is 9.10. The molecule has 0 spiro atoms. The molecular formula is C19H18BrClN4O4. The molecule has 10 heteroatoms. The smallest absolute Gasteiger partial charge is 0.329 e. The minimum absolute atomic E-state index is 0.240. The van der Waals surface area contributed by atoms with Crippen molar-refractivity contribution in [2.75, 3.05) is 18.5 Å². The molecule has 2 aromatic rings. The lowest BCUT2D eigenvalue weighted by molar-refractivity contribution is -0.139. The summed E-state index contributed by atoms with van der Waals surface area (Å²) in [6.45, 7) is 1.79. The largest absolute Gasteiger partial charge is 0.483 e. The highest BCUT2D eigenvalue weighted by Gasteiger charge is 2.11. The Hall–Kier alpha value is -2.91. The fourth-order valence-corrected chi connectivity index (χ4v) is 2.58. The summed E-state index contributed by atoms with van der Waals surface area (Å²) in [5.41, 5.74) is 3.21. The maximum atomic E-state index is 12.1. The van der Waals surface area contributed by atoms with E-state index in [1.54, 1.807) is 49.4 Å². The number of rotatable bonds is 7. The predicted octanol–water partition coefficient (Wildman–Crippen LogP) is 2.71. The van der Waals surface area contributed by atoms with Gasteiger partial charge in [0.25, 0.3) is 5.91 Å². The Morgan fingerprint density at radius 3 is 2.55 bits per heavy atom. The van der Waals surface area contributed by atoms with Gasteiger partial charge in [0, 0.05) is 27.3 Å². The molecule has 0 radical (unpaired) electrons. The van der Waals surface area contributed by atoms with Gasteiger partial charge < -0.3 is 15.4 Å². The van der Waals surface area contributed by atoms with Crippen molar-refractivity contribution < 1.29 is 19.1 Å². The highest BCUT2D eigenvalue weighted by Crippen LogP contribution is 2.22. The molecule has 0 unspecified atom stereocenters. The van der Waals surface area contributed by atoms with Crippen molar-refractivity contribution in [2.24, 2.45) is 5.10 Å². The van der Waals surface area contributed by atoms with Crippen LogP contribution in [0.25, 0.3) is 0 Å². The van der Waals surface area contributed by atoms with Crippen molar-refractivity contribution in [1.82, 2.24) is 10.7 Å². The second kappa shape index (κ2) is 11.2. The number of ether oxygens (including phenoxy) is 1. The standard InChI is InChI=1S/C19H18BrClN4O4/c1-2-22-18(27)19(28)25-23-10-12-9-13(20)3-8-16(12)29-11-17(26)24-15-6-4-14(21)5-7-15/h3-10H,2,11H2,1H3,(H,22,27)(H,24,26)(H,25,28)/b23-10-. The molecule has 0 heterocycles.